The second-order valence-electron chi connectivity index (χ2n) is 17.6. The van der Waals surface area contributed by atoms with E-state index in [-0.39, 0.29) is 31.3 Å². The van der Waals surface area contributed by atoms with Gasteiger partial charge in [-0.15, -0.1) is 0 Å². The highest BCUT2D eigenvalue weighted by atomic mass is 32.2. The van der Waals surface area contributed by atoms with Crippen molar-refractivity contribution in [3.05, 3.63) is 239 Å². The van der Waals surface area contributed by atoms with Crippen molar-refractivity contribution < 1.29 is 37.2 Å². The van der Waals surface area contributed by atoms with Crippen LogP contribution in [0.15, 0.2) is 205 Å². The third-order valence-electron chi connectivity index (χ3n) is 13.0. The minimum atomic E-state index is -3.91. The van der Waals surface area contributed by atoms with E-state index in [9.17, 15) is 13.5 Å². The molecule has 8 aromatic rings. The molecule has 9 rings (SSSR count). The largest absolute Gasteiger partial charge is 0.387 e. The molecule has 3 heterocycles. The SMILES string of the molecule is [N-]=[N+]=NCCCCCOC[C@@H]1O[C@H](OCCc2cn(S(=O)(=O)c3ccccc3)c3ccccc23)[C@H](OCc2cn(C(c3ccccc3)(c3ccccc3)c3ccccc3)cn2)[C@H](OCc2ccccc2)[C@H]1O. The number of aliphatic hydroxyl groups is 1. The van der Waals surface area contributed by atoms with Crippen molar-refractivity contribution in [1.82, 2.24) is 13.5 Å². The molecule has 0 spiro atoms. The molecule has 0 saturated carbocycles. The van der Waals surface area contributed by atoms with Gasteiger partial charge in [0, 0.05) is 35.8 Å². The summed E-state index contributed by atoms with van der Waals surface area (Å²) < 4.78 is 64.2. The lowest BCUT2D eigenvalue weighted by Crippen LogP contribution is -2.61. The lowest BCUT2D eigenvalue weighted by Gasteiger charge is -2.44. The van der Waals surface area contributed by atoms with E-state index in [2.05, 4.69) is 51.0 Å². The first kappa shape index (κ1) is 50.0. The number of fused-ring (bicyclic) bond motifs is 1. The maximum absolute atomic E-state index is 14.0. The van der Waals surface area contributed by atoms with Gasteiger partial charge in [0.05, 0.1) is 48.9 Å². The van der Waals surface area contributed by atoms with Crippen LogP contribution in [0.25, 0.3) is 21.3 Å². The molecule has 370 valence electrons. The van der Waals surface area contributed by atoms with E-state index < -0.39 is 46.3 Å². The average Bonchev–Trinajstić information content (AvgIpc) is 4.07. The number of ether oxygens (including phenoxy) is 5. The highest BCUT2D eigenvalue weighted by Crippen LogP contribution is 2.41. The Morgan fingerprint density at radius 3 is 1.93 bits per heavy atom. The summed E-state index contributed by atoms with van der Waals surface area (Å²) in [5, 5.41) is 16.6. The molecule has 5 atom stereocenters. The van der Waals surface area contributed by atoms with Gasteiger partial charge in [0.1, 0.15) is 30.0 Å². The molecule has 1 saturated heterocycles. The summed E-state index contributed by atoms with van der Waals surface area (Å²) in [5.41, 5.74) is 13.8. The summed E-state index contributed by atoms with van der Waals surface area (Å²) in [6, 6.07) is 56.5. The summed E-state index contributed by atoms with van der Waals surface area (Å²) >= 11 is 0. The van der Waals surface area contributed by atoms with Gasteiger partial charge in [0.15, 0.2) is 6.29 Å². The van der Waals surface area contributed by atoms with E-state index in [1.807, 2.05) is 116 Å². The Kier molecular flexibility index (Phi) is 16.7. The molecule has 0 radical (unpaired) electrons. The molecule has 1 aliphatic rings. The topological polar surface area (TPSA) is 172 Å². The Morgan fingerprint density at radius 2 is 1.28 bits per heavy atom. The molecule has 1 aliphatic heterocycles. The molecule has 6 aromatic carbocycles. The standard InChI is InChI=1S/C57H58N6O8S/c58-61-60-34-19-6-20-35-67-41-52-53(64)54(69-39-43-21-7-1-8-22-43)55(56(71-52)68-36-33-44-37-63(51-32-18-17-31-50(44)51)72(65,66)49-29-15-5-16-30-49)70-40-48-38-62(42-59-48)57(45-23-9-2-10-24-45,46-25-11-3-12-26-46)47-27-13-4-14-28-47/h1-5,7-18,21-32,37-38,42,52-56,64H,6,19-20,33-36,39-41H2/t52-,53-,54+,55+,56-/m0/s1. The summed E-state index contributed by atoms with van der Waals surface area (Å²) in [7, 11) is -3.91. The minimum Gasteiger partial charge on any atom is -0.387 e. The van der Waals surface area contributed by atoms with Crippen LogP contribution in [0.3, 0.4) is 0 Å². The number of nitrogens with zero attached hydrogens (tertiary/aromatic N) is 6. The van der Waals surface area contributed by atoms with Crippen molar-refractivity contribution >= 4 is 20.9 Å². The second-order valence-corrected chi connectivity index (χ2v) is 19.5. The van der Waals surface area contributed by atoms with Crippen LogP contribution < -0.4 is 0 Å². The molecule has 0 aliphatic carbocycles. The molecule has 72 heavy (non-hydrogen) atoms. The molecule has 0 amide bonds. The number of aliphatic hydroxyl groups excluding tert-OH is 1. The second kappa shape index (κ2) is 24.0. The van der Waals surface area contributed by atoms with Gasteiger partial charge in [-0.25, -0.2) is 17.4 Å². The van der Waals surface area contributed by atoms with Crippen molar-refractivity contribution in [3.8, 4) is 0 Å². The third kappa shape index (κ3) is 11.2. The van der Waals surface area contributed by atoms with E-state index in [4.69, 9.17) is 34.2 Å². The monoisotopic (exact) mass is 986 g/mol. The predicted molar refractivity (Wildman–Crippen MR) is 274 cm³/mol. The fraction of sp³-hybridized carbons (Fsp3) is 0.281. The highest BCUT2D eigenvalue weighted by Gasteiger charge is 2.48. The Morgan fingerprint density at radius 1 is 0.681 bits per heavy atom. The van der Waals surface area contributed by atoms with Crippen LogP contribution in [0.1, 0.15) is 52.8 Å². The summed E-state index contributed by atoms with van der Waals surface area (Å²) in [5.74, 6) is 0. The quantitative estimate of drug-likeness (QED) is 0.0203. The number of imidazole rings is 1. The van der Waals surface area contributed by atoms with Crippen LogP contribution in [-0.4, -0.2) is 84.1 Å². The van der Waals surface area contributed by atoms with E-state index in [0.29, 0.717) is 30.8 Å². The van der Waals surface area contributed by atoms with Gasteiger partial charge in [0.2, 0.25) is 0 Å². The number of para-hydroxylation sites is 1. The zero-order valence-corrected chi connectivity index (χ0v) is 40.6. The van der Waals surface area contributed by atoms with Crippen LogP contribution in [0.4, 0.5) is 0 Å². The number of hydrogen-bond donors (Lipinski definition) is 1. The Labute approximate surface area is 420 Å². The van der Waals surface area contributed by atoms with Crippen molar-refractivity contribution in [2.75, 3.05) is 26.4 Å². The van der Waals surface area contributed by atoms with E-state index in [1.165, 1.54) is 3.97 Å². The number of unbranched alkanes of at least 4 members (excludes halogenated alkanes) is 2. The summed E-state index contributed by atoms with van der Waals surface area (Å²) in [4.78, 5) is 7.95. The number of hydrogen-bond acceptors (Lipinski definition) is 10. The van der Waals surface area contributed by atoms with Gasteiger partial charge >= 0.3 is 0 Å². The molecule has 15 heteroatoms. The zero-order chi connectivity index (χ0) is 49.6. The molecular weight excluding hydrogens is 929 g/mol. The fourth-order valence-electron chi connectivity index (χ4n) is 9.50. The van der Waals surface area contributed by atoms with Crippen LogP contribution in [0.5, 0.6) is 0 Å². The van der Waals surface area contributed by atoms with Gasteiger partial charge in [0.25, 0.3) is 10.0 Å². The molecule has 1 N–H and O–H groups in total. The Balaban J connectivity index is 1.02. The van der Waals surface area contributed by atoms with Gasteiger partial charge in [-0.05, 0) is 70.8 Å². The average molecular weight is 987 g/mol. The molecular formula is C57H58N6O8S. The van der Waals surface area contributed by atoms with Crippen molar-refractivity contribution in [3.63, 3.8) is 0 Å². The van der Waals surface area contributed by atoms with Crippen LogP contribution in [0, 0.1) is 0 Å². The van der Waals surface area contributed by atoms with Gasteiger partial charge in [-0.1, -0.05) is 169 Å². The summed E-state index contributed by atoms with van der Waals surface area (Å²) in [6.07, 6.45) is 3.04. The van der Waals surface area contributed by atoms with Gasteiger partial charge < -0.3 is 33.4 Å². The number of azide groups is 1. The van der Waals surface area contributed by atoms with Crippen LogP contribution in [-0.2, 0) is 58.9 Å². The molecule has 1 fully saturated rings. The van der Waals surface area contributed by atoms with E-state index >= 15 is 0 Å². The maximum Gasteiger partial charge on any atom is 0.268 e. The number of rotatable bonds is 24. The lowest BCUT2D eigenvalue weighted by atomic mass is 9.77. The highest BCUT2D eigenvalue weighted by molar-refractivity contribution is 7.90. The minimum absolute atomic E-state index is 0.00903. The normalized spacial score (nSPS) is 18.2. The van der Waals surface area contributed by atoms with Gasteiger partial charge in [-0.2, -0.15) is 0 Å². The first-order valence-corrected chi connectivity index (χ1v) is 25.7. The Bertz CT molecular complexity index is 3000. The lowest BCUT2D eigenvalue weighted by molar-refractivity contribution is -0.321. The van der Waals surface area contributed by atoms with Crippen molar-refractivity contribution in [2.24, 2.45) is 5.11 Å². The summed E-state index contributed by atoms with van der Waals surface area (Å²) in [6.45, 7) is 1.15. The van der Waals surface area contributed by atoms with Crippen molar-refractivity contribution in [1.29, 1.82) is 0 Å². The Hall–Kier alpha value is -6.91. The van der Waals surface area contributed by atoms with Crippen molar-refractivity contribution in [2.45, 2.75) is 80.0 Å². The zero-order valence-electron chi connectivity index (χ0n) is 39.8. The molecule has 0 unspecified atom stereocenters. The fourth-order valence-corrected chi connectivity index (χ4v) is 10.9. The van der Waals surface area contributed by atoms with Crippen LogP contribution >= 0.6 is 0 Å². The molecule has 14 nitrogen and oxygen atoms in total. The number of aromatic nitrogens is 3. The first-order chi connectivity index (χ1) is 35.4. The smallest absolute Gasteiger partial charge is 0.268 e. The van der Waals surface area contributed by atoms with E-state index in [1.54, 1.807) is 42.6 Å². The van der Waals surface area contributed by atoms with E-state index in [0.717, 1.165) is 52.5 Å². The molecule has 2 aromatic heterocycles. The molecule has 0 bridgehead atoms. The third-order valence-corrected chi connectivity index (χ3v) is 14.7. The van der Waals surface area contributed by atoms with Gasteiger partial charge in [-0.3, -0.25) is 0 Å². The number of benzene rings is 6. The first-order valence-electron chi connectivity index (χ1n) is 24.3. The van der Waals surface area contributed by atoms with Crippen LogP contribution in [0.2, 0.25) is 0 Å². The predicted octanol–water partition coefficient (Wildman–Crippen LogP) is 10.2. The maximum atomic E-state index is 14.0.